The zero-order valence-corrected chi connectivity index (χ0v) is 12.9. The zero-order valence-electron chi connectivity index (χ0n) is 11.4. The highest BCUT2D eigenvalue weighted by atomic mass is 35.5. The quantitative estimate of drug-likeness (QED) is 0.798. The Morgan fingerprint density at radius 3 is 2.67 bits per heavy atom. The molecule has 0 bridgehead atoms. The van der Waals surface area contributed by atoms with Gasteiger partial charge < -0.3 is 14.8 Å². The minimum absolute atomic E-state index is 0.178. The Bertz CT molecular complexity index is 628. The van der Waals surface area contributed by atoms with Gasteiger partial charge in [-0.15, -0.1) is 0 Å². The van der Waals surface area contributed by atoms with Crippen LogP contribution in [-0.4, -0.2) is 31.0 Å². The second-order valence-corrected chi connectivity index (χ2v) is 6.27. The number of aliphatic hydroxyl groups excluding tert-OH is 1. The molecule has 0 aliphatic heterocycles. The lowest BCUT2D eigenvalue weighted by atomic mass is 10.2. The fraction of sp³-hybridized carbons (Fsp3) is 0.286. The van der Waals surface area contributed by atoms with E-state index in [2.05, 4.69) is 4.98 Å². The second kappa shape index (κ2) is 6.98. The number of nitrogens with zero attached hydrogens (tertiary/aromatic N) is 2. The molecule has 0 aliphatic rings. The van der Waals surface area contributed by atoms with E-state index in [1.807, 2.05) is 16.7 Å². The van der Waals surface area contributed by atoms with Gasteiger partial charge in [0.05, 0.1) is 12.3 Å². The van der Waals surface area contributed by atoms with Gasteiger partial charge in [0.25, 0.3) is 0 Å². The highest BCUT2D eigenvalue weighted by Gasteiger charge is 2.17. The van der Waals surface area contributed by atoms with Gasteiger partial charge >= 0.3 is 5.97 Å². The molecular formula is C14H15ClN2O3S. The lowest BCUT2D eigenvalue weighted by Gasteiger charge is -2.09. The average Bonchev–Trinajstić information content (AvgIpc) is 2.83. The van der Waals surface area contributed by atoms with Gasteiger partial charge in [-0.1, -0.05) is 35.5 Å². The lowest BCUT2D eigenvalue weighted by Crippen LogP contribution is -2.13. The molecule has 1 aromatic heterocycles. The monoisotopic (exact) mass is 326 g/mol. The summed E-state index contributed by atoms with van der Waals surface area (Å²) in [6.07, 6.45) is 1.73. The Labute approximate surface area is 131 Å². The Hall–Kier alpha value is -1.50. The van der Waals surface area contributed by atoms with Crippen LogP contribution in [-0.2, 0) is 17.9 Å². The van der Waals surface area contributed by atoms with Crippen LogP contribution in [0.15, 0.2) is 35.6 Å². The number of carboxylic acids is 1. The maximum atomic E-state index is 11.0. The molecular weight excluding hydrogens is 312 g/mol. The van der Waals surface area contributed by atoms with Crippen molar-refractivity contribution in [3.05, 3.63) is 46.7 Å². The summed E-state index contributed by atoms with van der Waals surface area (Å²) in [7, 11) is 0. The highest BCUT2D eigenvalue weighted by molar-refractivity contribution is 8.00. The molecule has 0 fully saturated rings. The van der Waals surface area contributed by atoms with Crippen molar-refractivity contribution in [2.24, 2.45) is 0 Å². The maximum absolute atomic E-state index is 11.0. The number of aliphatic carboxylic acids is 1. The summed E-state index contributed by atoms with van der Waals surface area (Å²) < 4.78 is 1.83. The van der Waals surface area contributed by atoms with E-state index in [0.29, 0.717) is 22.4 Å². The molecule has 112 valence electrons. The predicted octanol–water partition coefficient (Wildman–Crippen LogP) is 2.64. The number of thioether (sulfide) groups is 1. The third-order valence-electron chi connectivity index (χ3n) is 2.85. The van der Waals surface area contributed by atoms with Crippen LogP contribution in [0.5, 0.6) is 0 Å². The van der Waals surface area contributed by atoms with Crippen LogP contribution in [0, 0.1) is 0 Å². The van der Waals surface area contributed by atoms with Crippen molar-refractivity contribution in [1.82, 2.24) is 9.55 Å². The second-order valence-electron chi connectivity index (χ2n) is 4.53. The molecule has 5 nitrogen and oxygen atoms in total. The average molecular weight is 327 g/mol. The van der Waals surface area contributed by atoms with E-state index < -0.39 is 11.2 Å². The first-order valence-corrected chi connectivity index (χ1v) is 7.56. The third kappa shape index (κ3) is 4.23. The molecule has 0 radical (unpaired) electrons. The number of imidazole rings is 1. The van der Waals surface area contributed by atoms with Gasteiger partial charge in [0, 0.05) is 17.8 Å². The molecule has 0 saturated carbocycles. The molecule has 2 rings (SSSR count). The minimum atomic E-state index is -0.897. The molecule has 1 heterocycles. The third-order valence-corrected chi connectivity index (χ3v) is 4.19. The van der Waals surface area contributed by atoms with Gasteiger partial charge in [0.15, 0.2) is 5.16 Å². The molecule has 2 aromatic rings. The summed E-state index contributed by atoms with van der Waals surface area (Å²) >= 11 is 7.01. The number of hydrogen-bond acceptors (Lipinski definition) is 4. The van der Waals surface area contributed by atoms with Crippen molar-refractivity contribution in [3.63, 3.8) is 0 Å². The number of aliphatic hydroxyl groups is 1. The predicted molar refractivity (Wildman–Crippen MR) is 81.7 cm³/mol. The number of rotatable bonds is 6. The van der Waals surface area contributed by atoms with Gasteiger partial charge in [-0.3, -0.25) is 4.79 Å². The van der Waals surface area contributed by atoms with E-state index in [4.69, 9.17) is 16.7 Å². The van der Waals surface area contributed by atoms with Crippen LogP contribution in [0.3, 0.4) is 0 Å². The molecule has 0 saturated heterocycles. The lowest BCUT2D eigenvalue weighted by molar-refractivity contribution is -0.136. The fourth-order valence-corrected chi connectivity index (χ4v) is 2.70. The number of aromatic nitrogens is 2. The highest BCUT2D eigenvalue weighted by Crippen LogP contribution is 2.24. The molecule has 0 amide bonds. The number of carbonyl (C=O) groups is 1. The van der Waals surface area contributed by atoms with Crippen molar-refractivity contribution in [2.45, 2.75) is 30.5 Å². The number of carboxylic acid groups (broad SMARTS) is 1. The Morgan fingerprint density at radius 2 is 2.10 bits per heavy atom. The van der Waals surface area contributed by atoms with E-state index in [1.165, 1.54) is 0 Å². The van der Waals surface area contributed by atoms with Crippen molar-refractivity contribution in [3.8, 4) is 0 Å². The normalized spacial score (nSPS) is 12.3. The zero-order chi connectivity index (χ0) is 15.4. The Balaban J connectivity index is 2.22. The first kappa shape index (κ1) is 15.9. The van der Waals surface area contributed by atoms with Crippen LogP contribution in [0.2, 0.25) is 5.02 Å². The van der Waals surface area contributed by atoms with E-state index >= 15 is 0 Å². The Kier molecular flexibility index (Phi) is 5.27. The summed E-state index contributed by atoms with van der Waals surface area (Å²) in [4.78, 5) is 15.2. The minimum Gasteiger partial charge on any atom is -0.480 e. The van der Waals surface area contributed by atoms with Gasteiger partial charge in [0.2, 0.25) is 0 Å². The number of halogens is 1. The molecule has 1 atom stereocenters. The van der Waals surface area contributed by atoms with Crippen LogP contribution in [0.4, 0.5) is 0 Å². The first-order chi connectivity index (χ1) is 9.99. The van der Waals surface area contributed by atoms with Crippen LogP contribution in [0.1, 0.15) is 18.2 Å². The molecule has 0 aliphatic carbocycles. The summed E-state index contributed by atoms with van der Waals surface area (Å²) in [5.74, 6) is -0.897. The topological polar surface area (TPSA) is 75.4 Å². The van der Waals surface area contributed by atoms with E-state index in [-0.39, 0.29) is 6.61 Å². The molecule has 1 aromatic carbocycles. The standard InChI is InChI=1S/C14H15ClN2O3S/c1-9(13(19)20)21-14-16-12(8-18)7-17(14)6-10-2-4-11(15)5-3-10/h2-5,7,9,18H,6,8H2,1H3,(H,19,20)/t9-/m0/s1. The summed E-state index contributed by atoms with van der Waals surface area (Å²) in [5, 5.41) is 18.8. The summed E-state index contributed by atoms with van der Waals surface area (Å²) in [6.45, 7) is 1.97. The van der Waals surface area contributed by atoms with Gasteiger partial charge in [0.1, 0.15) is 5.25 Å². The Morgan fingerprint density at radius 1 is 1.43 bits per heavy atom. The van der Waals surface area contributed by atoms with Crippen molar-refractivity contribution >= 4 is 29.3 Å². The van der Waals surface area contributed by atoms with E-state index in [1.54, 1.807) is 25.3 Å². The number of benzene rings is 1. The molecule has 2 N–H and O–H groups in total. The summed E-state index contributed by atoms with van der Waals surface area (Å²) in [5.41, 5.74) is 1.54. The van der Waals surface area contributed by atoms with Crippen LogP contribution >= 0.6 is 23.4 Å². The molecule has 0 unspecified atom stereocenters. The first-order valence-electron chi connectivity index (χ1n) is 6.30. The molecule has 21 heavy (non-hydrogen) atoms. The fourth-order valence-electron chi connectivity index (χ4n) is 1.73. The molecule has 7 heteroatoms. The van der Waals surface area contributed by atoms with Crippen LogP contribution in [0.25, 0.3) is 0 Å². The maximum Gasteiger partial charge on any atom is 0.316 e. The van der Waals surface area contributed by atoms with Gasteiger partial charge in [-0.2, -0.15) is 0 Å². The van der Waals surface area contributed by atoms with Gasteiger partial charge in [-0.05, 0) is 24.6 Å². The largest absolute Gasteiger partial charge is 0.480 e. The molecule has 0 spiro atoms. The van der Waals surface area contributed by atoms with Gasteiger partial charge in [-0.25, -0.2) is 4.98 Å². The van der Waals surface area contributed by atoms with E-state index in [9.17, 15) is 9.90 Å². The summed E-state index contributed by atoms with van der Waals surface area (Å²) in [6, 6.07) is 7.40. The van der Waals surface area contributed by atoms with Crippen molar-refractivity contribution in [2.75, 3.05) is 0 Å². The van der Waals surface area contributed by atoms with Crippen molar-refractivity contribution in [1.29, 1.82) is 0 Å². The van der Waals surface area contributed by atoms with Crippen molar-refractivity contribution < 1.29 is 15.0 Å². The van der Waals surface area contributed by atoms with Crippen LogP contribution < -0.4 is 0 Å². The van der Waals surface area contributed by atoms with E-state index in [0.717, 1.165) is 17.3 Å². The smallest absolute Gasteiger partial charge is 0.316 e. The number of hydrogen-bond donors (Lipinski definition) is 2. The SMILES string of the molecule is C[C@H](Sc1nc(CO)cn1Cc1ccc(Cl)cc1)C(=O)O.